The quantitative estimate of drug-likeness (QED) is 0.765. The second-order valence-electron chi connectivity index (χ2n) is 4.09. The van der Waals surface area contributed by atoms with Crippen LogP contribution in [0.5, 0.6) is 0 Å². The molecule has 0 spiro atoms. The summed E-state index contributed by atoms with van der Waals surface area (Å²) in [6.45, 7) is 3.38. The van der Waals surface area contributed by atoms with Crippen molar-refractivity contribution in [3.63, 3.8) is 0 Å². The van der Waals surface area contributed by atoms with Crippen molar-refractivity contribution in [2.45, 2.75) is 25.9 Å². The first-order chi connectivity index (χ1) is 8.56. The first-order valence-electron chi connectivity index (χ1n) is 5.80. The molecule has 1 heterocycles. The minimum Gasteiger partial charge on any atom is -0.383 e. The Morgan fingerprint density at radius 1 is 1.67 bits per heavy atom. The van der Waals surface area contributed by atoms with E-state index in [0.717, 1.165) is 6.42 Å². The largest absolute Gasteiger partial charge is 0.383 e. The number of methoxy groups -OCH3 is 1. The summed E-state index contributed by atoms with van der Waals surface area (Å²) in [5, 5.41) is 7.21. The van der Waals surface area contributed by atoms with Gasteiger partial charge in [-0.1, -0.05) is 11.6 Å². The molecule has 0 bridgehead atoms. The highest BCUT2D eigenvalue weighted by Crippen LogP contribution is 2.14. The van der Waals surface area contributed by atoms with Crippen molar-refractivity contribution in [1.82, 2.24) is 9.78 Å². The van der Waals surface area contributed by atoms with Crippen molar-refractivity contribution in [3.05, 3.63) is 21.6 Å². The Hall–Kier alpha value is -1.11. The van der Waals surface area contributed by atoms with E-state index in [1.807, 2.05) is 6.92 Å². The first kappa shape index (κ1) is 14.9. The van der Waals surface area contributed by atoms with Crippen LogP contribution >= 0.6 is 11.6 Å². The molecule has 0 aliphatic heterocycles. The molecule has 1 atom stereocenters. The number of ether oxygens (including phenoxy) is 1. The Labute approximate surface area is 111 Å². The molecule has 1 aromatic rings. The maximum atomic E-state index is 11.8. The smallest absolute Gasteiger partial charge is 0.287 e. The van der Waals surface area contributed by atoms with Crippen LogP contribution in [-0.4, -0.2) is 36.1 Å². The van der Waals surface area contributed by atoms with Gasteiger partial charge in [0.2, 0.25) is 0 Å². The van der Waals surface area contributed by atoms with Gasteiger partial charge in [-0.15, -0.1) is 0 Å². The summed E-state index contributed by atoms with van der Waals surface area (Å²) in [7, 11) is 1.57. The van der Waals surface area contributed by atoms with Gasteiger partial charge in [0.15, 0.2) is 0 Å². The minimum absolute atomic E-state index is 0.103. The lowest BCUT2D eigenvalue weighted by Crippen LogP contribution is -2.26. The number of halogens is 1. The number of hydrogen-bond donors (Lipinski definition) is 2. The molecule has 0 aliphatic carbocycles. The average molecular weight is 275 g/mol. The van der Waals surface area contributed by atoms with Gasteiger partial charge in [-0.05, 0) is 13.3 Å². The first-order valence-corrected chi connectivity index (χ1v) is 6.18. The second kappa shape index (κ2) is 7.35. The van der Waals surface area contributed by atoms with E-state index >= 15 is 0 Å². The topological polar surface area (TPSA) is 82.2 Å². The maximum Gasteiger partial charge on any atom is 0.287 e. The number of nitrogens with one attached hydrogen (secondary N) is 1. The van der Waals surface area contributed by atoms with Gasteiger partial charge in [0.25, 0.3) is 5.56 Å². The van der Waals surface area contributed by atoms with E-state index in [9.17, 15) is 4.79 Å². The lowest BCUT2D eigenvalue weighted by Gasteiger charge is -2.11. The van der Waals surface area contributed by atoms with Gasteiger partial charge in [-0.3, -0.25) is 4.79 Å². The zero-order valence-corrected chi connectivity index (χ0v) is 11.4. The van der Waals surface area contributed by atoms with Crippen molar-refractivity contribution < 1.29 is 4.74 Å². The lowest BCUT2D eigenvalue weighted by atomic mass is 10.2. The molecule has 0 fully saturated rings. The van der Waals surface area contributed by atoms with Gasteiger partial charge in [0.1, 0.15) is 5.02 Å². The highest BCUT2D eigenvalue weighted by atomic mass is 35.5. The van der Waals surface area contributed by atoms with Crippen LogP contribution in [0.2, 0.25) is 5.02 Å². The van der Waals surface area contributed by atoms with E-state index in [4.69, 9.17) is 22.1 Å². The third kappa shape index (κ3) is 4.29. The van der Waals surface area contributed by atoms with Gasteiger partial charge in [0, 0.05) is 19.7 Å². The fourth-order valence-corrected chi connectivity index (χ4v) is 1.57. The molecule has 0 aliphatic rings. The predicted octanol–water partition coefficient (Wildman–Crippen LogP) is 0.692. The summed E-state index contributed by atoms with van der Waals surface area (Å²) in [4.78, 5) is 11.8. The van der Waals surface area contributed by atoms with E-state index in [2.05, 4.69) is 10.4 Å². The molecule has 6 nitrogen and oxygen atoms in total. The van der Waals surface area contributed by atoms with Gasteiger partial charge < -0.3 is 15.8 Å². The van der Waals surface area contributed by atoms with Crippen molar-refractivity contribution in [2.75, 3.05) is 25.6 Å². The van der Waals surface area contributed by atoms with Crippen molar-refractivity contribution in [1.29, 1.82) is 0 Å². The highest BCUT2D eigenvalue weighted by Gasteiger charge is 2.08. The monoisotopic (exact) mass is 274 g/mol. The van der Waals surface area contributed by atoms with Crippen LogP contribution < -0.4 is 16.6 Å². The number of hydrogen-bond acceptors (Lipinski definition) is 5. The number of rotatable bonds is 7. The Morgan fingerprint density at radius 2 is 2.39 bits per heavy atom. The summed E-state index contributed by atoms with van der Waals surface area (Å²) in [6, 6.07) is 0.103. The van der Waals surface area contributed by atoms with Crippen LogP contribution in [0, 0.1) is 0 Å². The summed E-state index contributed by atoms with van der Waals surface area (Å²) in [5.41, 5.74) is 5.85. The minimum atomic E-state index is -0.320. The number of aromatic nitrogens is 2. The molecular formula is C11H19ClN4O2. The summed E-state index contributed by atoms with van der Waals surface area (Å²) in [5.74, 6) is 0. The Morgan fingerprint density at radius 3 is 3.00 bits per heavy atom. The van der Waals surface area contributed by atoms with E-state index < -0.39 is 0 Å². The van der Waals surface area contributed by atoms with E-state index in [1.54, 1.807) is 13.3 Å². The van der Waals surface area contributed by atoms with Crippen LogP contribution in [0.3, 0.4) is 0 Å². The summed E-state index contributed by atoms with van der Waals surface area (Å²) >= 11 is 5.98. The van der Waals surface area contributed by atoms with Gasteiger partial charge >= 0.3 is 0 Å². The SMILES string of the molecule is COCCn1ncc(NCCC(C)N)c(Cl)c1=O. The molecule has 3 N–H and O–H groups in total. The second-order valence-corrected chi connectivity index (χ2v) is 4.46. The van der Waals surface area contributed by atoms with E-state index in [0.29, 0.717) is 25.4 Å². The van der Waals surface area contributed by atoms with Gasteiger partial charge in [-0.2, -0.15) is 5.10 Å². The number of anilines is 1. The molecule has 0 amide bonds. The Balaban J connectivity index is 2.71. The zero-order chi connectivity index (χ0) is 13.5. The summed E-state index contributed by atoms with van der Waals surface area (Å²) in [6.07, 6.45) is 2.34. The van der Waals surface area contributed by atoms with Crippen molar-refractivity contribution in [3.8, 4) is 0 Å². The van der Waals surface area contributed by atoms with E-state index in [-0.39, 0.29) is 16.6 Å². The van der Waals surface area contributed by atoms with Gasteiger partial charge in [0.05, 0.1) is 25.0 Å². The number of nitrogens with zero attached hydrogens (tertiary/aromatic N) is 2. The third-order valence-electron chi connectivity index (χ3n) is 2.41. The normalized spacial score (nSPS) is 12.4. The standard InChI is InChI=1S/C11H19ClN4O2/c1-8(13)3-4-14-9-7-15-16(5-6-18-2)11(17)10(9)12/h7-8,14H,3-6,13H2,1-2H3. The average Bonchev–Trinajstić information content (AvgIpc) is 2.33. The molecule has 0 radical (unpaired) electrons. The molecule has 0 saturated heterocycles. The molecule has 0 aromatic carbocycles. The van der Waals surface area contributed by atoms with Crippen molar-refractivity contribution >= 4 is 17.3 Å². The summed E-state index contributed by atoms with van der Waals surface area (Å²) < 4.78 is 6.17. The molecular weight excluding hydrogens is 256 g/mol. The molecule has 1 aromatic heterocycles. The van der Waals surface area contributed by atoms with Crippen molar-refractivity contribution in [2.24, 2.45) is 5.73 Å². The predicted molar refractivity (Wildman–Crippen MR) is 72.1 cm³/mol. The fraction of sp³-hybridized carbons (Fsp3) is 0.636. The molecule has 1 rings (SSSR count). The maximum absolute atomic E-state index is 11.8. The van der Waals surface area contributed by atoms with Crippen LogP contribution in [0.25, 0.3) is 0 Å². The van der Waals surface area contributed by atoms with Crippen LogP contribution in [0.1, 0.15) is 13.3 Å². The molecule has 102 valence electrons. The Bertz CT molecular complexity index is 434. The van der Waals surface area contributed by atoms with E-state index in [1.165, 1.54) is 4.68 Å². The molecule has 0 saturated carbocycles. The Kier molecular flexibility index (Phi) is 6.11. The van der Waals surface area contributed by atoms with Crippen LogP contribution in [0.15, 0.2) is 11.0 Å². The van der Waals surface area contributed by atoms with Crippen LogP contribution in [-0.2, 0) is 11.3 Å². The number of nitrogens with two attached hydrogens (primary N) is 1. The lowest BCUT2D eigenvalue weighted by molar-refractivity contribution is 0.182. The zero-order valence-electron chi connectivity index (χ0n) is 10.6. The molecule has 7 heteroatoms. The fourth-order valence-electron chi connectivity index (χ4n) is 1.36. The molecule has 1 unspecified atom stereocenters. The highest BCUT2D eigenvalue weighted by molar-refractivity contribution is 6.32. The van der Waals surface area contributed by atoms with Gasteiger partial charge in [-0.25, -0.2) is 4.68 Å². The third-order valence-corrected chi connectivity index (χ3v) is 2.77. The molecule has 18 heavy (non-hydrogen) atoms. The van der Waals surface area contributed by atoms with Crippen LogP contribution in [0.4, 0.5) is 5.69 Å².